The Balaban J connectivity index is 1.98. The summed E-state index contributed by atoms with van der Waals surface area (Å²) in [5.41, 5.74) is 1.78. The number of thiazole rings is 1. The van der Waals surface area contributed by atoms with Crippen LogP contribution in [0.15, 0.2) is 29.6 Å². The highest BCUT2D eigenvalue weighted by molar-refractivity contribution is 7.09. The number of carboxylic acids is 1. The van der Waals surface area contributed by atoms with Crippen LogP contribution in [0, 0.1) is 0 Å². The van der Waals surface area contributed by atoms with Gasteiger partial charge in [0.2, 0.25) is 0 Å². The highest BCUT2D eigenvalue weighted by atomic mass is 32.1. The third-order valence-electron chi connectivity index (χ3n) is 3.18. The number of nitrogens with zero attached hydrogens (tertiary/aromatic N) is 1. The Morgan fingerprint density at radius 2 is 1.86 bits per heavy atom. The molecule has 0 aliphatic rings. The molecule has 0 aliphatic carbocycles. The second kappa shape index (κ2) is 6.27. The van der Waals surface area contributed by atoms with E-state index < -0.39 is 5.97 Å². The molecule has 0 atom stereocenters. The van der Waals surface area contributed by atoms with Crippen LogP contribution >= 0.6 is 11.3 Å². The van der Waals surface area contributed by atoms with Gasteiger partial charge in [0.15, 0.2) is 5.69 Å². The normalized spacial score (nSPS) is 11.2. The zero-order chi connectivity index (χ0) is 16.3. The van der Waals surface area contributed by atoms with Gasteiger partial charge in [-0.1, -0.05) is 32.9 Å². The maximum Gasteiger partial charge on any atom is 0.355 e. The second-order valence-electron chi connectivity index (χ2n) is 5.94. The SMILES string of the molecule is CC(C)(C)c1ccc(C(=O)NCc2nc(C(=O)O)cs2)cc1. The quantitative estimate of drug-likeness (QED) is 0.908. The molecule has 0 fully saturated rings. The van der Waals surface area contributed by atoms with Crippen molar-refractivity contribution < 1.29 is 14.7 Å². The van der Waals surface area contributed by atoms with Gasteiger partial charge >= 0.3 is 5.97 Å². The maximum atomic E-state index is 12.1. The number of benzene rings is 1. The molecule has 0 saturated carbocycles. The van der Waals surface area contributed by atoms with Crippen LogP contribution in [0.25, 0.3) is 0 Å². The van der Waals surface area contributed by atoms with E-state index in [2.05, 4.69) is 31.1 Å². The van der Waals surface area contributed by atoms with Gasteiger partial charge in [0.25, 0.3) is 5.91 Å². The molecule has 22 heavy (non-hydrogen) atoms. The molecule has 1 heterocycles. The third-order valence-corrected chi connectivity index (χ3v) is 4.03. The van der Waals surface area contributed by atoms with Crippen molar-refractivity contribution in [3.63, 3.8) is 0 Å². The Bertz CT molecular complexity index is 684. The van der Waals surface area contributed by atoms with E-state index in [4.69, 9.17) is 5.11 Å². The summed E-state index contributed by atoms with van der Waals surface area (Å²) in [7, 11) is 0. The van der Waals surface area contributed by atoms with Crippen LogP contribution in [0.2, 0.25) is 0 Å². The average molecular weight is 318 g/mol. The number of nitrogens with one attached hydrogen (secondary N) is 1. The lowest BCUT2D eigenvalue weighted by molar-refractivity contribution is 0.0691. The van der Waals surface area contributed by atoms with Crippen LogP contribution in [0.5, 0.6) is 0 Å². The first-order valence-electron chi connectivity index (χ1n) is 6.84. The molecule has 5 nitrogen and oxygen atoms in total. The van der Waals surface area contributed by atoms with Gasteiger partial charge in [-0.25, -0.2) is 9.78 Å². The summed E-state index contributed by atoms with van der Waals surface area (Å²) in [4.78, 5) is 26.7. The molecule has 2 aromatic rings. The number of carbonyl (C=O) groups is 2. The topological polar surface area (TPSA) is 79.3 Å². The molecule has 0 spiro atoms. The van der Waals surface area contributed by atoms with Gasteiger partial charge < -0.3 is 10.4 Å². The van der Waals surface area contributed by atoms with Crippen molar-refractivity contribution in [1.29, 1.82) is 0 Å². The molecule has 0 saturated heterocycles. The molecule has 0 radical (unpaired) electrons. The molecular weight excluding hydrogens is 300 g/mol. The molecule has 0 unspecified atom stereocenters. The number of carboxylic acid groups (broad SMARTS) is 1. The van der Waals surface area contributed by atoms with E-state index in [0.29, 0.717) is 10.6 Å². The van der Waals surface area contributed by atoms with Crippen molar-refractivity contribution >= 4 is 23.2 Å². The minimum Gasteiger partial charge on any atom is -0.476 e. The fourth-order valence-corrected chi connectivity index (χ4v) is 2.58. The number of carbonyl (C=O) groups excluding carboxylic acids is 1. The van der Waals surface area contributed by atoms with E-state index in [1.165, 1.54) is 16.7 Å². The van der Waals surface area contributed by atoms with Crippen LogP contribution in [0.1, 0.15) is 52.2 Å². The highest BCUT2D eigenvalue weighted by Crippen LogP contribution is 2.22. The average Bonchev–Trinajstić information content (AvgIpc) is 2.93. The zero-order valence-electron chi connectivity index (χ0n) is 12.7. The van der Waals surface area contributed by atoms with Crippen LogP contribution < -0.4 is 5.32 Å². The van der Waals surface area contributed by atoms with Crippen molar-refractivity contribution in [1.82, 2.24) is 10.3 Å². The number of aromatic nitrogens is 1. The summed E-state index contributed by atoms with van der Waals surface area (Å²) in [6, 6.07) is 7.47. The van der Waals surface area contributed by atoms with Gasteiger partial charge in [0.05, 0.1) is 6.54 Å². The van der Waals surface area contributed by atoms with Crippen LogP contribution in [0.4, 0.5) is 0 Å². The molecule has 116 valence electrons. The van der Waals surface area contributed by atoms with Crippen molar-refractivity contribution in [3.05, 3.63) is 51.5 Å². The van der Waals surface area contributed by atoms with E-state index in [9.17, 15) is 9.59 Å². The highest BCUT2D eigenvalue weighted by Gasteiger charge is 2.14. The Kier molecular flexibility index (Phi) is 4.61. The summed E-state index contributed by atoms with van der Waals surface area (Å²) < 4.78 is 0. The summed E-state index contributed by atoms with van der Waals surface area (Å²) >= 11 is 1.21. The molecule has 0 aliphatic heterocycles. The van der Waals surface area contributed by atoms with E-state index >= 15 is 0 Å². The molecule has 2 N–H and O–H groups in total. The smallest absolute Gasteiger partial charge is 0.355 e. The van der Waals surface area contributed by atoms with Gasteiger partial charge in [0.1, 0.15) is 5.01 Å². The van der Waals surface area contributed by atoms with E-state index in [0.717, 1.165) is 5.56 Å². The fraction of sp³-hybridized carbons (Fsp3) is 0.312. The van der Waals surface area contributed by atoms with Gasteiger partial charge in [-0.05, 0) is 23.1 Å². The lowest BCUT2D eigenvalue weighted by Crippen LogP contribution is -2.23. The Labute approximate surface area is 133 Å². The number of hydrogen-bond acceptors (Lipinski definition) is 4. The summed E-state index contributed by atoms with van der Waals surface area (Å²) in [5, 5.41) is 13.6. The maximum absolute atomic E-state index is 12.1. The Hall–Kier alpha value is -2.21. The van der Waals surface area contributed by atoms with Crippen LogP contribution in [-0.2, 0) is 12.0 Å². The Morgan fingerprint density at radius 1 is 1.23 bits per heavy atom. The molecule has 1 aromatic carbocycles. The third kappa shape index (κ3) is 3.92. The number of amides is 1. The van der Waals surface area contributed by atoms with Crippen molar-refractivity contribution in [2.75, 3.05) is 0 Å². The molecular formula is C16H18N2O3S. The molecule has 1 aromatic heterocycles. The van der Waals surface area contributed by atoms with E-state index in [-0.39, 0.29) is 23.6 Å². The van der Waals surface area contributed by atoms with E-state index in [1.54, 1.807) is 12.1 Å². The fourth-order valence-electron chi connectivity index (χ4n) is 1.87. The predicted molar refractivity (Wildman–Crippen MR) is 85.4 cm³/mol. The van der Waals surface area contributed by atoms with Crippen molar-refractivity contribution in [2.24, 2.45) is 0 Å². The molecule has 0 bridgehead atoms. The first-order valence-corrected chi connectivity index (χ1v) is 7.72. The number of hydrogen-bond donors (Lipinski definition) is 2. The number of aromatic carboxylic acids is 1. The van der Waals surface area contributed by atoms with Crippen LogP contribution in [0.3, 0.4) is 0 Å². The van der Waals surface area contributed by atoms with Gasteiger partial charge in [0, 0.05) is 10.9 Å². The minimum absolute atomic E-state index is 0.00350. The zero-order valence-corrected chi connectivity index (χ0v) is 13.5. The molecule has 6 heteroatoms. The minimum atomic E-state index is -1.06. The lowest BCUT2D eigenvalue weighted by Gasteiger charge is -2.19. The van der Waals surface area contributed by atoms with Crippen molar-refractivity contribution in [2.45, 2.75) is 32.7 Å². The Morgan fingerprint density at radius 3 is 2.36 bits per heavy atom. The summed E-state index contributed by atoms with van der Waals surface area (Å²) in [6.07, 6.45) is 0. The standard InChI is InChI=1S/C16H18N2O3S/c1-16(2,3)11-6-4-10(5-7-11)14(19)17-8-13-18-12(9-22-13)15(20)21/h4-7,9H,8H2,1-3H3,(H,17,19)(H,20,21). The largest absolute Gasteiger partial charge is 0.476 e. The van der Waals surface area contributed by atoms with Gasteiger partial charge in [-0.2, -0.15) is 0 Å². The van der Waals surface area contributed by atoms with Crippen LogP contribution in [-0.4, -0.2) is 22.0 Å². The first kappa shape index (κ1) is 16.2. The van der Waals surface area contributed by atoms with Gasteiger partial charge in [-0.15, -0.1) is 11.3 Å². The summed E-state index contributed by atoms with van der Waals surface area (Å²) in [5.74, 6) is -1.26. The number of rotatable bonds is 4. The predicted octanol–water partition coefficient (Wildman–Crippen LogP) is 3.07. The van der Waals surface area contributed by atoms with Crippen molar-refractivity contribution in [3.8, 4) is 0 Å². The molecule has 2 rings (SSSR count). The summed E-state index contributed by atoms with van der Waals surface area (Å²) in [6.45, 7) is 6.57. The van der Waals surface area contributed by atoms with E-state index in [1.807, 2.05) is 12.1 Å². The molecule has 1 amide bonds. The first-order chi connectivity index (χ1) is 10.3. The second-order valence-corrected chi connectivity index (χ2v) is 6.88. The monoisotopic (exact) mass is 318 g/mol. The lowest BCUT2D eigenvalue weighted by atomic mass is 9.87. The van der Waals surface area contributed by atoms with Gasteiger partial charge in [-0.3, -0.25) is 4.79 Å².